The third-order valence-electron chi connectivity index (χ3n) is 7.70. The molecule has 3 rings (SSSR count). The highest BCUT2D eigenvalue weighted by Gasteiger charge is 2.36. The molecule has 2 aliphatic heterocycles. The Bertz CT molecular complexity index is 564. The van der Waals surface area contributed by atoms with Crippen molar-refractivity contribution in [3.63, 3.8) is 0 Å². The van der Waals surface area contributed by atoms with E-state index in [-0.39, 0.29) is 29.7 Å². The summed E-state index contributed by atoms with van der Waals surface area (Å²) in [6.45, 7) is 9.10. The number of carbonyl (C=O) groups is 2. The van der Waals surface area contributed by atoms with Crippen molar-refractivity contribution in [1.82, 2.24) is 21.3 Å². The molecule has 7 heteroatoms. The molecule has 1 saturated carbocycles. The fraction of sp³-hybridized carbons (Fsp3) is 0.913. The first kappa shape index (κ1) is 23.5. The molecule has 5 unspecified atom stereocenters. The largest absolute Gasteiger partial charge is 0.355 e. The molecule has 2 heterocycles. The van der Waals surface area contributed by atoms with E-state index in [1.54, 1.807) is 0 Å². The summed E-state index contributed by atoms with van der Waals surface area (Å²) in [5.74, 6) is 2.50. The van der Waals surface area contributed by atoms with Crippen LogP contribution in [0, 0.1) is 35.5 Å². The molecule has 6 N–H and O–H groups in total. The maximum atomic E-state index is 12.8. The second-order valence-electron chi connectivity index (χ2n) is 10.1. The van der Waals surface area contributed by atoms with E-state index < -0.39 is 0 Å². The van der Waals surface area contributed by atoms with Crippen LogP contribution < -0.4 is 27.0 Å². The standard InChI is InChI=1S/C23H43N5O2/c1-15-9-16(2)28-23(30)21(15)14-27-22(29)20-10-19(12-26-13-20)18-5-3-17(4-6-18)11-25-8-7-24/h15-21,25-26H,3-14,24H2,1-2H3,(H,27,29)(H,28,30). The van der Waals surface area contributed by atoms with E-state index in [1.165, 1.54) is 25.7 Å². The van der Waals surface area contributed by atoms with Crippen LogP contribution in [0.15, 0.2) is 0 Å². The number of hydrogen-bond acceptors (Lipinski definition) is 5. The van der Waals surface area contributed by atoms with Crippen molar-refractivity contribution >= 4 is 11.8 Å². The van der Waals surface area contributed by atoms with E-state index in [9.17, 15) is 9.59 Å². The zero-order chi connectivity index (χ0) is 21.5. The van der Waals surface area contributed by atoms with Crippen LogP contribution in [0.1, 0.15) is 52.4 Å². The van der Waals surface area contributed by atoms with Gasteiger partial charge in [0.05, 0.1) is 11.8 Å². The SMILES string of the molecule is CC1CC(C)C(CNC(=O)C2CNCC(C3CCC(CNCCN)CC3)C2)C(=O)N1. The summed E-state index contributed by atoms with van der Waals surface area (Å²) >= 11 is 0. The first-order valence-electron chi connectivity index (χ1n) is 12.2. The van der Waals surface area contributed by atoms with Crippen molar-refractivity contribution in [3.05, 3.63) is 0 Å². The lowest BCUT2D eigenvalue weighted by molar-refractivity contribution is -0.131. The lowest BCUT2D eigenvalue weighted by Gasteiger charge is -2.38. The average molecular weight is 422 g/mol. The van der Waals surface area contributed by atoms with Gasteiger partial charge in [0.15, 0.2) is 0 Å². The highest BCUT2D eigenvalue weighted by molar-refractivity contribution is 5.82. The Balaban J connectivity index is 1.41. The van der Waals surface area contributed by atoms with Crippen molar-refractivity contribution in [2.45, 2.75) is 58.4 Å². The summed E-state index contributed by atoms with van der Waals surface area (Å²) in [6, 6.07) is 0.231. The maximum Gasteiger partial charge on any atom is 0.225 e. The number of nitrogens with one attached hydrogen (secondary N) is 4. The lowest BCUT2D eigenvalue weighted by Crippen LogP contribution is -2.52. The van der Waals surface area contributed by atoms with Crippen LogP contribution in [0.3, 0.4) is 0 Å². The van der Waals surface area contributed by atoms with Gasteiger partial charge < -0.3 is 27.0 Å². The number of piperidine rings is 2. The van der Waals surface area contributed by atoms with E-state index in [2.05, 4.69) is 28.2 Å². The minimum Gasteiger partial charge on any atom is -0.355 e. The molecular weight excluding hydrogens is 378 g/mol. The highest BCUT2D eigenvalue weighted by atomic mass is 16.2. The Morgan fingerprint density at radius 1 is 1.07 bits per heavy atom. The third-order valence-corrected chi connectivity index (χ3v) is 7.70. The summed E-state index contributed by atoms with van der Waals surface area (Å²) in [5.41, 5.74) is 5.56. The molecule has 0 bridgehead atoms. The Morgan fingerprint density at radius 3 is 2.53 bits per heavy atom. The smallest absolute Gasteiger partial charge is 0.225 e. The molecule has 3 aliphatic rings. The number of carbonyl (C=O) groups excluding carboxylic acids is 2. The molecule has 172 valence electrons. The van der Waals surface area contributed by atoms with Gasteiger partial charge in [-0.15, -0.1) is 0 Å². The molecule has 5 atom stereocenters. The fourth-order valence-corrected chi connectivity index (χ4v) is 5.84. The van der Waals surface area contributed by atoms with Crippen LogP contribution in [0.5, 0.6) is 0 Å². The molecule has 0 aromatic rings. The molecule has 0 radical (unpaired) electrons. The van der Waals surface area contributed by atoms with Gasteiger partial charge in [-0.25, -0.2) is 0 Å². The Kier molecular flexibility index (Phi) is 8.96. The van der Waals surface area contributed by atoms with Crippen LogP contribution >= 0.6 is 0 Å². The van der Waals surface area contributed by atoms with Gasteiger partial charge in [-0.1, -0.05) is 6.92 Å². The number of amides is 2. The van der Waals surface area contributed by atoms with E-state index >= 15 is 0 Å². The topological polar surface area (TPSA) is 108 Å². The quantitative estimate of drug-likeness (QED) is 0.373. The Morgan fingerprint density at radius 2 is 1.83 bits per heavy atom. The molecular formula is C23H43N5O2. The molecule has 2 amide bonds. The van der Waals surface area contributed by atoms with E-state index in [1.807, 2.05) is 6.92 Å². The zero-order valence-electron chi connectivity index (χ0n) is 18.9. The predicted octanol–water partition coefficient (Wildman–Crippen LogP) is 0.844. The van der Waals surface area contributed by atoms with Gasteiger partial charge in [-0.2, -0.15) is 0 Å². The van der Waals surface area contributed by atoms with Crippen molar-refractivity contribution < 1.29 is 9.59 Å². The summed E-state index contributed by atoms with van der Waals surface area (Å²) < 4.78 is 0. The molecule has 30 heavy (non-hydrogen) atoms. The van der Waals surface area contributed by atoms with E-state index in [0.29, 0.717) is 24.9 Å². The van der Waals surface area contributed by atoms with Gasteiger partial charge in [-0.3, -0.25) is 9.59 Å². The van der Waals surface area contributed by atoms with Crippen LogP contribution in [-0.2, 0) is 9.59 Å². The molecule has 7 nitrogen and oxygen atoms in total. The average Bonchev–Trinajstić information content (AvgIpc) is 2.73. The van der Waals surface area contributed by atoms with Crippen molar-refractivity contribution in [2.75, 3.05) is 39.3 Å². The Hall–Kier alpha value is -1.18. The van der Waals surface area contributed by atoms with Crippen LogP contribution in [0.2, 0.25) is 0 Å². The van der Waals surface area contributed by atoms with Gasteiger partial charge >= 0.3 is 0 Å². The third kappa shape index (κ3) is 6.41. The molecule has 0 spiro atoms. The lowest BCUT2D eigenvalue weighted by atomic mass is 9.72. The predicted molar refractivity (Wildman–Crippen MR) is 120 cm³/mol. The first-order chi connectivity index (χ1) is 14.5. The first-order valence-corrected chi connectivity index (χ1v) is 12.2. The summed E-state index contributed by atoms with van der Waals surface area (Å²) in [6.07, 6.45) is 7.05. The van der Waals surface area contributed by atoms with Gasteiger partial charge in [0.25, 0.3) is 0 Å². The van der Waals surface area contributed by atoms with Gasteiger partial charge in [-0.05, 0) is 82.2 Å². The van der Waals surface area contributed by atoms with Crippen LogP contribution in [-0.4, -0.2) is 57.1 Å². The maximum absolute atomic E-state index is 12.8. The molecule has 1 aliphatic carbocycles. The second kappa shape index (κ2) is 11.4. The normalized spacial score (nSPS) is 37.4. The number of hydrogen-bond donors (Lipinski definition) is 5. The van der Waals surface area contributed by atoms with Crippen LogP contribution in [0.25, 0.3) is 0 Å². The van der Waals surface area contributed by atoms with Crippen molar-refractivity contribution in [2.24, 2.45) is 41.2 Å². The zero-order valence-corrected chi connectivity index (χ0v) is 18.9. The highest BCUT2D eigenvalue weighted by Crippen LogP contribution is 2.37. The molecule has 2 saturated heterocycles. The summed E-state index contributed by atoms with van der Waals surface area (Å²) in [7, 11) is 0. The van der Waals surface area contributed by atoms with Gasteiger partial charge in [0, 0.05) is 32.2 Å². The fourth-order valence-electron chi connectivity index (χ4n) is 5.84. The number of rotatable bonds is 8. The summed E-state index contributed by atoms with van der Waals surface area (Å²) in [4.78, 5) is 25.1. The summed E-state index contributed by atoms with van der Waals surface area (Å²) in [5, 5.41) is 13.1. The van der Waals surface area contributed by atoms with Crippen molar-refractivity contribution in [3.8, 4) is 0 Å². The van der Waals surface area contributed by atoms with Gasteiger partial charge in [0.1, 0.15) is 0 Å². The van der Waals surface area contributed by atoms with E-state index in [4.69, 9.17) is 5.73 Å². The second-order valence-corrected chi connectivity index (χ2v) is 10.1. The van der Waals surface area contributed by atoms with Crippen molar-refractivity contribution in [1.29, 1.82) is 0 Å². The van der Waals surface area contributed by atoms with Crippen LogP contribution in [0.4, 0.5) is 0 Å². The van der Waals surface area contributed by atoms with Gasteiger partial charge in [0.2, 0.25) is 11.8 Å². The monoisotopic (exact) mass is 421 g/mol. The minimum absolute atomic E-state index is 0.0218. The van der Waals surface area contributed by atoms with E-state index in [0.717, 1.165) is 50.9 Å². The molecule has 3 fully saturated rings. The minimum atomic E-state index is -0.111. The molecule has 0 aromatic heterocycles. The Labute approximate surface area is 182 Å². The molecule has 0 aromatic carbocycles. The number of nitrogens with two attached hydrogens (primary N) is 1.